The summed E-state index contributed by atoms with van der Waals surface area (Å²) < 4.78 is 5.47. The summed E-state index contributed by atoms with van der Waals surface area (Å²) in [7, 11) is 0. The van der Waals surface area contributed by atoms with Crippen LogP contribution in [-0.4, -0.2) is 35.5 Å². The van der Waals surface area contributed by atoms with Gasteiger partial charge in [0, 0.05) is 22.5 Å². The molecule has 4 heteroatoms. The Morgan fingerprint density at radius 3 is 2.74 bits per heavy atom. The van der Waals surface area contributed by atoms with Gasteiger partial charge < -0.3 is 9.73 Å². The van der Waals surface area contributed by atoms with Crippen molar-refractivity contribution >= 4 is 16.9 Å². The topological polar surface area (TPSA) is 45.5 Å². The highest BCUT2D eigenvalue weighted by atomic mass is 16.3. The fraction of sp³-hybridized carbons (Fsp3) is 0.526. The number of amides is 1. The summed E-state index contributed by atoms with van der Waals surface area (Å²) in [5.74, 6) is 0.623. The van der Waals surface area contributed by atoms with Crippen molar-refractivity contribution < 1.29 is 9.21 Å². The lowest BCUT2D eigenvalue weighted by Gasteiger charge is -2.56. The van der Waals surface area contributed by atoms with Crippen LogP contribution in [0.1, 0.15) is 42.6 Å². The molecule has 2 aromatic rings. The number of nitrogens with one attached hydrogen (secondary N) is 1. The summed E-state index contributed by atoms with van der Waals surface area (Å²) in [6.07, 6.45) is 4.12. The number of carbonyl (C=O) groups excluding carboxylic acids is 1. The van der Waals surface area contributed by atoms with Gasteiger partial charge in [0.15, 0.2) is 0 Å². The van der Waals surface area contributed by atoms with Gasteiger partial charge in [0.2, 0.25) is 0 Å². The summed E-state index contributed by atoms with van der Waals surface area (Å²) in [4.78, 5) is 15.3. The van der Waals surface area contributed by atoms with E-state index in [-0.39, 0.29) is 17.5 Å². The van der Waals surface area contributed by atoms with Gasteiger partial charge in [-0.25, -0.2) is 0 Å². The van der Waals surface area contributed by atoms with Gasteiger partial charge in [-0.2, -0.15) is 0 Å². The first-order valence-corrected chi connectivity index (χ1v) is 8.50. The first-order valence-electron chi connectivity index (χ1n) is 8.50. The normalized spacial score (nSPS) is 28.9. The SMILES string of the molecule is Cc1coc2ccc(C(=O)NC3C4CCN(CC4)C3(C)C)cc12. The summed E-state index contributed by atoms with van der Waals surface area (Å²) in [5, 5.41) is 4.34. The van der Waals surface area contributed by atoms with E-state index in [1.165, 1.54) is 12.8 Å². The van der Waals surface area contributed by atoms with Crippen molar-refractivity contribution in [1.29, 1.82) is 0 Å². The Balaban J connectivity index is 1.60. The molecule has 3 fully saturated rings. The van der Waals surface area contributed by atoms with Crippen LogP contribution in [0.15, 0.2) is 28.9 Å². The third kappa shape index (κ3) is 2.27. The maximum absolute atomic E-state index is 12.8. The van der Waals surface area contributed by atoms with Crippen LogP contribution in [0.3, 0.4) is 0 Å². The maximum atomic E-state index is 12.8. The first kappa shape index (κ1) is 14.8. The van der Waals surface area contributed by atoms with Crippen molar-refractivity contribution in [3.05, 3.63) is 35.6 Å². The van der Waals surface area contributed by atoms with Gasteiger partial charge in [0.25, 0.3) is 5.91 Å². The van der Waals surface area contributed by atoms with Crippen LogP contribution in [0, 0.1) is 12.8 Å². The molecule has 1 amide bonds. The number of hydrogen-bond acceptors (Lipinski definition) is 3. The number of fused-ring (bicyclic) bond motifs is 4. The molecule has 1 unspecified atom stereocenters. The molecule has 5 rings (SSSR count). The molecule has 3 saturated heterocycles. The van der Waals surface area contributed by atoms with E-state index in [0.717, 1.165) is 29.6 Å². The van der Waals surface area contributed by atoms with Crippen LogP contribution in [0.4, 0.5) is 0 Å². The molecule has 3 aliphatic heterocycles. The fourth-order valence-corrected chi connectivity index (χ4v) is 4.40. The van der Waals surface area contributed by atoms with E-state index in [2.05, 4.69) is 24.1 Å². The van der Waals surface area contributed by atoms with Gasteiger partial charge >= 0.3 is 0 Å². The van der Waals surface area contributed by atoms with Crippen molar-refractivity contribution in [2.24, 2.45) is 5.92 Å². The van der Waals surface area contributed by atoms with Crippen LogP contribution in [-0.2, 0) is 0 Å². The summed E-state index contributed by atoms with van der Waals surface area (Å²) >= 11 is 0. The molecule has 23 heavy (non-hydrogen) atoms. The van der Waals surface area contributed by atoms with Crippen molar-refractivity contribution in [1.82, 2.24) is 10.2 Å². The predicted octanol–water partition coefficient (Wildman–Crippen LogP) is 3.34. The molecule has 4 heterocycles. The average molecular weight is 312 g/mol. The van der Waals surface area contributed by atoms with Crippen LogP contribution in [0.25, 0.3) is 11.0 Å². The largest absolute Gasteiger partial charge is 0.464 e. The number of hydrogen-bond donors (Lipinski definition) is 1. The molecule has 0 saturated carbocycles. The number of benzene rings is 1. The van der Waals surface area contributed by atoms with Gasteiger partial charge in [-0.1, -0.05) is 0 Å². The molecule has 122 valence electrons. The lowest BCUT2D eigenvalue weighted by atomic mass is 9.72. The van der Waals surface area contributed by atoms with Crippen molar-refractivity contribution in [3.63, 3.8) is 0 Å². The van der Waals surface area contributed by atoms with E-state index in [9.17, 15) is 4.79 Å². The molecule has 3 aliphatic rings. The molecule has 4 nitrogen and oxygen atoms in total. The second-order valence-corrected chi connectivity index (χ2v) is 7.56. The highest BCUT2D eigenvalue weighted by Crippen LogP contribution is 2.39. The second kappa shape index (κ2) is 5.10. The molecule has 2 bridgehead atoms. The maximum Gasteiger partial charge on any atom is 0.251 e. The van der Waals surface area contributed by atoms with Crippen LogP contribution < -0.4 is 5.32 Å². The molecule has 1 aromatic heterocycles. The zero-order valence-electron chi connectivity index (χ0n) is 14.1. The van der Waals surface area contributed by atoms with E-state index in [4.69, 9.17) is 4.42 Å². The Labute approximate surface area is 136 Å². The minimum absolute atomic E-state index is 0.0272. The third-order valence-corrected chi connectivity index (χ3v) is 5.90. The summed E-state index contributed by atoms with van der Waals surface area (Å²) in [6, 6.07) is 5.91. The average Bonchev–Trinajstić information content (AvgIpc) is 2.92. The fourth-order valence-electron chi connectivity index (χ4n) is 4.40. The number of piperidine rings is 3. The monoisotopic (exact) mass is 312 g/mol. The lowest BCUT2D eigenvalue weighted by molar-refractivity contribution is -0.0378. The van der Waals surface area contributed by atoms with Crippen molar-refractivity contribution in [2.75, 3.05) is 13.1 Å². The molecule has 0 spiro atoms. The quantitative estimate of drug-likeness (QED) is 0.925. The molecular formula is C19H24N2O2. The van der Waals surface area contributed by atoms with Gasteiger partial charge in [0.1, 0.15) is 5.58 Å². The number of carbonyl (C=O) groups is 1. The third-order valence-electron chi connectivity index (χ3n) is 5.90. The van der Waals surface area contributed by atoms with E-state index in [1.807, 2.05) is 25.1 Å². The summed E-state index contributed by atoms with van der Waals surface area (Å²) in [6.45, 7) is 8.83. The Kier molecular flexibility index (Phi) is 3.27. The molecule has 1 aromatic carbocycles. The molecular weight excluding hydrogens is 288 g/mol. The highest BCUT2D eigenvalue weighted by Gasteiger charge is 2.48. The minimum Gasteiger partial charge on any atom is -0.464 e. The van der Waals surface area contributed by atoms with Gasteiger partial charge in [0.05, 0.1) is 6.26 Å². The lowest BCUT2D eigenvalue weighted by Crippen LogP contribution is -2.69. The Morgan fingerprint density at radius 1 is 1.30 bits per heavy atom. The van der Waals surface area contributed by atoms with E-state index in [0.29, 0.717) is 11.5 Å². The Morgan fingerprint density at radius 2 is 2.04 bits per heavy atom. The van der Waals surface area contributed by atoms with E-state index < -0.39 is 0 Å². The van der Waals surface area contributed by atoms with Crippen LogP contribution >= 0.6 is 0 Å². The number of nitrogens with zero attached hydrogens (tertiary/aromatic N) is 1. The van der Waals surface area contributed by atoms with E-state index >= 15 is 0 Å². The molecule has 0 aliphatic carbocycles. The van der Waals surface area contributed by atoms with Gasteiger partial charge in [-0.15, -0.1) is 0 Å². The molecule has 0 radical (unpaired) electrons. The number of furan rings is 1. The van der Waals surface area contributed by atoms with Gasteiger partial charge in [-0.3, -0.25) is 9.69 Å². The predicted molar refractivity (Wildman–Crippen MR) is 90.6 cm³/mol. The zero-order valence-corrected chi connectivity index (χ0v) is 14.1. The van der Waals surface area contributed by atoms with Crippen LogP contribution in [0.2, 0.25) is 0 Å². The smallest absolute Gasteiger partial charge is 0.251 e. The molecule has 1 N–H and O–H groups in total. The Hall–Kier alpha value is -1.81. The van der Waals surface area contributed by atoms with E-state index in [1.54, 1.807) is 6.26 Å². The van der Waals surface area contributed by atoms with Crippen molar-refractivity contribution in [2.45, 2.75) is 45.2 Å². The minimum atomic E-state index is 0.0272. The number of aryl methyl sites for hydroxylation is 1. The summed E-state index contributed by atoms with van der Waals surface area (Å²) in [5.41, 5.74) is 2.65. The second-order valence-electron chi connectivity index (χ2n) is 7.56. The van der Waals surface area contributed by atoms with Crippen molar-refractivity contribution in [3.8, 4) is 0 Å². The number of rotatable bonds is 2. The van der Waals surface area contributed by atoms with Gasteiger partial charge in [-0.05, 0) is 76.4 Å². The Bertz CT molecular complexity index is 754. The molecule has 1 atom stereocenters. The van der Waals surface area contributed by atoms with Crippen LogP contribution in [0.5, 0.6) is 0 Å². The zero-order chi connectivity index (χ0) is 16.2. The first-order chi connectivity index (χ1) is 11.0. The standard InChI is InChI=1S/C19H24N2O2/c1-12-11-23-16-5-4-14(10-15(12)16)18(22)20-17-13-6-8-21(9-7-13)19(17,2)3/h4-5,10-11,13,17H,6-9H2,1-3H3,(H,20,22). The highest BCUT2D eigenvalue weighted by molar-refractivity contribution is 5.98.